The summed E-state index contributed by atoms with van der Waals surface area (Å²) in [4.78, 5) is 26.1. The molecule has 3 unspecified atom stereocenters. The predicted octanol–water partition coefficient (Wildman–Crippen LogP) is 16.2. The summed E-state index contributed by atoms with van der Waals surface area (Å²) in [7, 11) is 0. The summed E-state index contributed by atoms with van der Waals surface area (Å²) >= 11 is 0. The van der Waals surface area contributed by atoms with E-state index >= 15 is 0 Å². The molecule has 0 fully saturated rings. The van der Waals surface area contributed by atoms with E-state index in [0.717, 1.165) is 96.3 Å². The molecule has 3 atom stereocenters. The smallest absolute Gasteiger partial charge is 0.306 e. The van der Waals surface area contributed by atoms with Crippen LogP contribution in [-0.2, 0) is 14.3 Å². The zero-order valence-electron chi connectivity index (χ0n) is 41.4. The zero-order chi connectivity index (χ0) is 45.9. The number of hydrogen-bond donors (Lipinski definition) is 3. The molecular weight excluding hydrogens is 779 g/mol. The van der Waals surface area contributed by atoms with Gasteiger partial charge in [0.2, 0.25) is 5.91 Å². The van der Waals surface area contributed by atoms with E-state index in [0.29, 0.717) is 19.3 Å². The summed E-state index contributed by atoms with van der Waals surface area (Å²) in [6.07, 6.45) is 63.9. The van der Waals surface area contributed by atoms with Crippen molar-refractivity contribution in [2.45, 2.75) is 270 Å². The Balaban J connectivity index is 4.48. The highest BCUT2D eigenvalue weighted by Crippen LogP contribution is 2.18. The molecule has 0 aliphatic carbocycles. The second-order valence-corrected chi connectivity index (χ2v) is 18.0. The number of amides is 1. The highest BCUT2D eigenvalue weighted by molar-refractivity contribution is 5.77. The molecule has 0 aliphatic rings. The third-order valence-corrected chi connectivity index (χ3v) is 11.9. The Bertz CT molecular complexity index is 1170. The van der Waals surface area contributed by atoms with E-state index < -0.39 is 18.2 Å². The molecule has 0 saturated carbocycles. The molecule has 0 spiro atoms. The lowest BCUT2D eigenvalue weighted by molar-refractivity contribution is -0.151. The van der Waals surface area contributed by atoms with Crippen LogP contribution < -0.4 is 5.32 Å². The van der Waals surface area contributed by atoms with Gasteiger partial charge in [-0.2, -0.15) is 0 Å². The van der Waals surface area contributed by atoms with Crippen molar-refractivity contribution in [1.82, 2.24) is 5.32 Å². The fraction of sp³-hybridized carbons (Fsp3) is 0.754. The Labute approximate surface area is 390 Å². The first-order valence-corrected chi connectivity index (χ1v) is 26.7. The van der Waals surface area contributed by atoms with Crippen LogP contribution >= 0.6 is 0 Å². The number of unbranched alkanes of at least 4 members (excludes halogenated alkanes) is 27. The van der Waals surface area contributed by atoms with Crippen molar-refractivity contribution in [2.75, 3.05) is 6.61 Å². The van der Waals surface area contributed by atoms with Crippen molar-refractivity contribution in [3.05, 3.63) is 72.9 Å². The van der Waals surface area contributed by atoms with Gasteiger partial charge < -0.3 is 20.3 Å². The SMILES string of the molecule is CCC/C=C/C=C/C=C/C=C/C=C/CCCCCCCC(=O)OC(CCCCC/C=C\CCCC)CC(=O)NC(CO)C(O)CCCCCCCCCCCCCCCCCCC. The normalized spacial score (nSPS) is 13.8. The Hall–Kier alpha value is -2.70. The fourth-order valence-corrected chi connectivity index (χ4v) is 7.79. The molecule has 3 N–H and O–H groups in total. The maximum Gasteiger partial charge on any atom is 0.306 e. The maximum absolute atomic E-state index is 13.2. The first kappa shape index (κ1) is 60.3. The number of allylic oxidation sites excluding steroid dienone is 12. The third kappa shape index (κ3) is 45.7. The van der Waals surface area contributed by atoms with Crippen LogP contribution in [0.3, 0.4) is 0 Å². The number of hydrogen-bond acceptors (Lipinski definition) is 5. The molecule has 63 heavy (non-hydrogen) atoms. The van der Waals surface area contributed by atoms with Crippen molar-refractivity contribution in [1.29, 1.82) is 0 Å². The lowest BCUT2D eigenvalue weighted by atomic mass is 10.0. The Kier molecular flexibility index (Phi) is 48.1. The molecule has 1 amide bonds. The third-order valence-electron chi connectivity index (χ3n) is 11.9. The van der Waals surface area contributed by atoms with E-state index in [-0.39, 0.29) is 24.9 Å². The van der Waals surface area contributed by atoms with Gasteiger partial charge in [0, 0.05) is 6.42 Å². The van der Waals surface area contributed by atoms with E-state index in [1.165, 1.54) is 109 Å². The van der Waals surface area contributed by atoms with E-state index in [1.807, 2.05) is 24.3 Å². The molecule has 0 aromatic rings. The minimum atomic E-state index is -0.799. The predicted molar refractivity (Wildman–Crippen MR) is 273 cm³/mol. The Morgan fingerprint density at radius 3 is 1.40 bits per heavy atom. The molecule has 0 radical (unpaired) electrons. The Morgan fingerprint density at radius 2 is 0.873 bits per heavy atom. The summed E-state index contributed by atoms with van der Waals surface area (Å²) < 4.78 is 5.90. The molecule has 0 aromatic heterocycles. The average molecular weight is 880 g/mol. The summed E-state index contributed by atoms with van der Waals surface area (Å²) in [6.45, 7) is 6.35. The lowest BCUT2D eigenvalue weighted by Crippen LogP contribution is -2.46. The molecule has 0 rings (SSSR count). The van der Waals surface area contributed by atoms with Crippen LogP contribution in [0.4, 0.5) is 0 Å². The summed E-state index contributed by atoms with van der Waals surface area (Å²) in [5.41, 5.74) is 0. The quantitative estimate of drug-likeness (QED) is 0.0245. The topological polar surface area (TPSA) is 95.9 Å². The monoisotopic (exact) mass is 880 g/mol. The van der Waals surface area contributed by atoms with Crippen LogP contribution in [0.25, 0.3) is 0 Å². The van der Waals surface area contributed by atoms with Crippen LogP contribution in [0, 0.1) is 0 Å². The van der Waals surface area contributed by atoms with Gasteiger partial charge in [-0.3, -0.25) is 9.59 Å². The number of esters is 1. The van der Waals surface area contributed by atoms with Gasteiger partial charge in [0.15, 0.2) is 0 Å². The number of rotatable bonds is 47. The minimum absolute atomic E-state index is 0.0533. The lowest BCUT2D eigenvalue weighted by Gasteiger charge is -2.24. The number of aliphatic hydroxyl groups is 2. The van der Waals surface area contributed by atoms with E-state index in [9.17, 15) is 19.8 Å². The van der Waals surface area contributed by atoms with Crippen molar-refractivity contribution < 1.29 is 24.5 Å². The number of nitrogens with one attached hydrogen (secondary N) is 1. The van der Waals surface area contributed by atoms with Gasteiger partial charge in [0.25, 0.3) is 0 Å². The summed E-state index contributed by atoms with van der Waals surface area (Å²) in [6, 6.07) is -0.714. The maximum atomic E-state index is 13.2. The zero-order valence-corrected chi connectivity index (χ0v) is 41.4. The summed E-state index contributed by atoms with van der Waals surface area (Å²) in [5, 5.41) is 23.8. The van der Waals surface area contributed by atoms with Crippen LogP contribution in [0.15, 0.2) is 72.9 Å². The van der Waals surface area contributed by atoms with E-state index in [4.69, 9.17) is 4.74 Å². The molecule has 0 aliphatic heterocycles. The van der Waals surface area contributed by atoms with E-state index in [1.54, 1.807) is 0 Å². The molecule has 0 heterocycles. The van der Waals surface area contributed by atoms with E-state index in [2.05, 4.69) is 74.7 Å². The van der Waals surface area contributed by atoms with Gasteiger partial charge in [-0.15, -0.1) is 0 Å². The largest absolute Gasteiger partial charge is 0.462 e. The molecule has 0 bridgehead atoms. The molecule has 0 aromatic carbocycles. The summed E-state index contributed by atoms with van der Waals surface area (Å²) in [5.74, 6) is -0.521. The molecule has 6 nitrogen and oxygen atoms in total. The molecular formula is C57H101NO5. The standard InChI is InChI=1S/C57H101NO5/c1-4-7-10-13-16-19-21-23-25-27-29-31-33-35-38-41-44-47-50-57(62)63-53(48-45-42-39-36-18-15-12-9-6-3)51-56(61)58-54(52-59)55(60)49-46-43-40-37-34-32-30-28-26-24-22-20-17-14-11-8-5-2/h10,13,15-16,18-19,21,23,25,27,29,31,53-55,59-60H,4-9,11-12,14,17,20,22,24,26,28,30,32-52H2,1-3H3,(H,58,61)/b13-10+,18-15-,19-16+,23-21+,27-25+,31-29+. The highest BCUT2D eigenvalue weighted by Gasteiger charge is 2.24. The van der Waals surface area contributed by atoms with Gasteiger partial charge in [0.1, 0.15) is 6.10 Å². The fourth-order valence-electron chi connectivity index (χ4n) is 7.79. The molecule has 364 valence electrons. The second-order valence-electron chi connectivity index (χ2n) is 18.0. The molecule has 6 heteroatoms. The highest BCUT2D eigenvalue weighted by atomic mass is 16.5. The first-order chi connectivity index (χ1) is 31.0. The van der Waals surface area contributed by atoms with Gasteiger partial charge in [-0.1, -0.05) is 248 Å². The van der Waals surface area contributed by atoms with Crippen LogP contribution in [-0.4, -0.2) is 46.9 Å². The Morgan fingerprint density at radius 1 is 0.460 bits per heavy atom. The van der Waals surface area contributed by atoms with Crippen LogP contribution in [0.5, 0.6) is 0 Å². The van der Waals surface area contributed by atoms with Gasteiger partial charge >= 0.3 is 5.97 Å². The minimum Gasteiger partial charge on any atom is -0.462 e. The first-order valence-electron chi connectivity index (χ1n) is 26.7. The number of aliphatic hydroxyl groups excluding tert-OH is 2. The van der Waals surface area contributed by atoms with Crippen LogP contribution in [0.1, 0.15) is 252 Å². The van der Waals surface area contributed by atoms with Crippen molar-refractivity contribution in [3.63, 3.8) is 0 Å². The number of carbonyl (C=O) groups is 2. The van der Waals surface area contributed by atoms with Gasteiger partial charge in [0.05, 0.1) is 25.2 Å². The van der Waals surface area contributed by atoms with Crippen molar-refractivity contribution >= 4 is 11.9 Å². The van der Waals surface area contributed by atoms with Gasteiger partial charge in [-0.05, 0) is 64.2 Å². The van der Waals surface area contributed by atoms with Gasteiger partial charge in [-0.25, -0.2) is 0 Å². The van der Waals surface area contributed by atoms with Crippen molar-refractivity contribution in [2.24, 2.45) is 0 Å². The second kappa shape index (κ2) is 50.3. The number of carbonyl (C=O) groups excluding carboxylic acids is 2. The van der Waals surface area contributed by atoms with Crippen LogP contribution in [0.2, 0.25) is 0 Å². The molecule has 0 saturated heterocycles. The average Bonchev–Trinajstić information content (AvgIpc) is 3.28. The number of ether oxygens (including phenoxy) is 1. The van der Waals surface area contributed by atoms with Crippen molar-refractivity contribution in [3.8, 4) is 0 Å².